The van der Waals surface area contributed by atoms with Gasteiger partial charge < -0.3 is 30.1 Å². The van der Waals surface area contributed by atoms with Crippen molar-refractivity contribution in [2.45, 2.75) is 57.4 Å². The topological polar surface area (TPSA) is 177 Å². The Hall–Kier alpha value is -3.66. The number of hydrogen-bond acceptors (Lipinski definition) is 9. The summed E-state index contributed by atoms with van der Waals surface area (Å²) < 4.78 is 100. The molecule has 0 bridgehead atoms. The van der Waals surface area contributed by atoms with Gasteiger partial charge in [0.2, 0.25) is 5.91 Å². The van der Waals surface area contributed by atoms with Gasteiger partial charge in [-0.3, -0.25) is 14.6 Å². The fraction of sp³-hybridized carbons (Fsp3) is 0.708. The Kier molecular flexibility index (Phi) is 15.9. The van der Waals surface area contributed by atoms with Crippen molar-refractivity contribution in [3.63, 3.8) is 0 Å². The summed E-state index contributed by atoms with van der Waals surface area (Å²) in [7, 11) is 6.14. The predicted octanol–water partition coefficient (Wildman–Crippen LogP) is 2.37. The third-order valence-corrected chi connectivity index (χ3v) is 6.47. The molecule has 3 atom stereocenters. The Bertz CT molecular complexity index is 1100. The van der Waals surface area contributed by atoms with Gasteiger partial charge in [-0.25, -0.2) is 14.4 Å². The van der Waals surface area contributed by atoms with Crippen molar-refractivity contribution in [2.24, 2.45) is 5.92 Å². The van der Waals surface area contributed by atoms with E-state index in [1.165, 1.54) is 5.56 Å². The maximum Gasteiger partial charge on any atom is 0.490 e. The van der Waals surface area contributed by atoms with Crippen LogP contribution >= 0.6 is 0 Å². The molecule has 1 aromatic heterocycles. The second kappa shape index (κ2) is 17.3. The molecule has 22 heteroatoms. The molecule has 2 fully saturated rings. The molecule has 266 valence electrons. The molecular formula is C24H34F9N5O8. The zero-order valence-corrected chi connectivity index (χ0v) is 25.0. The number of nitrogens with zero attached hydrogens (tertiary/aromatic N) is 4. The summed E-state index contributed by atoms with van der Waals surface area (Å²) in [6, 6.07) is 0.475. The van der Waals surface area contributed by atoms with E-state index in [2.05, 4.69) is 32.2 Å². The van der Waals surface area contributed by atoms with Crippen LogP contribution in [0.15, 0.2) is 4.52 Å². The first-order valence-electron chi connectivity index (χ1n) is 12.9. The number of aliphatic carboxylic acids is 3. The Balaban J connectivity index is 0.000000786. The van der Waals surface area contributed by atoms with E-state index in [0.29, 0.717) is 18.5 Å². The van der Waals surface area contributed by atoms with Crippen LogP contribution in [0.2, 0.25) is 0 Å². The minimum Gasteiger partial charge on any atom is -0.475 e. The zero-order chi connectivity index (χ0) is 36.4. The Morgan fingerprint density at radius 2 is 1.33 bits per heavy atom. The first-order chi connectivity index (χ1) is 20.7. The summed E-state index contributed by atoms with van der Waals surface area (Å²) in [6.07, 6.45) is -14.3. The van der Waals surface area contributed by atoms with Gasteiger partial charge in [-0.1, -0.05) is 5.16 Å². The van der Waals surface area contributed by atoms with Crippen molar-refractivity contribution in [1.82, 2.24) is 25.2 Å². The molecule has 0 radical (unpaired) electrons. The van der Waals surface area contributed by atoms with E-state index in [-0.39, 0.29) is 11.9 Å². The number of likely N-dealkylation sites (tertiary alicyclic amines) is 2. The molecule has 1 aromatic rings. The number of carboxylic acids is 3. The fourth-order valence-corrected chi connectivity index (χ4v) is 4.21. The van der Waals surface area contributed by atoms with Gasteiger partial charge in [0.05, 0.1) is 11.7 Å². The lowest BCUT2D eigenvalue weighted by molar-refractivity contribution is -0.193. The van der Waals surface area contributed by atoms with E-state index in [9.17, 15) is 44.3 Å². The fourth-order valence-electron chi connectivity index (χ4n) is 4.21. The number of hydrogen-bond donors (Lipinski definition) is 4. The highest BCUT2D eigenvalue weighted by atomic mass is 19.4. The lowest BCUT2D eigenvalue weighted by Crippen LogP contribution is -2.46. The summed E-state index contributed by atoms with van der Waals surface area (Å²) in [4.78, 5) is 46.0. The van der Waals surface area contributed by atoms with Gasteiger partial charge in [0.15, 0.2) is 0 Å². The quantitative estimate of drug-likeness (QED) is 0.321. The lowest BCUT2D eigenvalue weighted by atomic mass is 10.0. The summed E-state index contributed by atoms with van der Waals surface area (Å²) in [5.41, 5.74) is 2.20. The van der Waals surface area contributed by atoms with Crippen molar-refractivity contribution in [2.75, 3.05) is 47.3 Å². The van der Waals surface area contributed by atoms with Gasteiger partial charge in [-0.2, -0.15) is 39.5 Å². The molecule has 0 aromatic carbocycles. The lowest BCUT2D eigenvalue weighted by Gasteiger charge is -2.26. The molecule has 2 aliphatic heterocycles. The van der Waals surface area contributed by atoms with Gasteiger partial charge in [-0.05, 0) is 47.3 Å². The molecule has 3 rings (SSSR count). The van der Waals surface area contributed by atoms with Crippen LogP contribution in [0, 0.1) is 19.8 Å². The third kappa shape index (κ3) is 14.6. The largest absolute Gasteiger partial charge is 0.490 e. The maximum absolute atomic E-state index is 12.5. The number of aryl methyl sites for hydroxylation is 2. The van der Waals surface area contributed by atoms with Crippen molar-refractivity contribution in [1.29, 1.82) is 0 Å². The van der Waals surface area contributed by atoms with Crippen molar-refractivity contribution in [3.05, 3.63) is 17.0 Å². The minimum atomic E-state index is -5.08. The maximum atomic E-state index is 12.5. The van der Waals surface area contributed by atoms with Gasteiger partial charge in [0.25, 0.3) is 0 Å². The molecule has 46 heavy (non-hydrogen) atoms. The summed E-state index contributed by atoms with van der Waals surface area (Å²) in [5, 5.41) is 28.5. The zero-order valence-electron chi connectivity index (χ0n) is 25.0. The summed E-state index contributed by atoms with van der Waals surface area (Å²) in [6.45, 7) is 8.51. The SMILES string of the molecule is Cc1noc(C)c1CN1C[C@H]2C[C@H](C(=O)NCCN(C)C)N(C)[C@H]2C1.O=C(O)C(F)(F)F.O=C(O)C(F)(F)F.O=C(O)C(F)(F)F. The van der Waals surface area contributed by atoms with Crippen LogP contribution in [0.1, 0.15) is 23.4 Å². The van der Waals surface area contributed by atoms with Crippen molar-refractivity contribution >= 4 is 23.8 Å². The van der Waals surface area contributed by atoms with Gasteiger partial charge in [-0.15, -0.1) is 0 Å². The van der Waals surface area contributed by atoms with Crippen molar-refractivity contribution in [3.8, 4) is 0 Å². The van der Waals surface area contributed by atoms with Crippen LogP contribution < -0.4 is 5.32 Å². The van der Waals surface area contributed by atoms with E-state index >= 15 is 0 Å². The second-order valence-corrected chi connectivity index (χ2v) is 10.2. The Morgan fingerprint density at radius 3 is 1.65 bits per heavy atom. The van der Waals surface area contributed by atoms with Gasteiger partial charge >= 0.3 is 36.4 Å². The first kappa shape index (κ1) is 42.3. The summed E-state index contributed by atoms with van der Waals surface area (Å²) >= 11 is 0. The van der Waals surface area contributed by atoms with E-state index < -0.39 is 36.4 Å². The van der Waals surface area contributed by atoms with E-state index in [0.717, 1.165) is 44.1 Å². The average Bonchev–Trinajstić information content (AvgIpc) is 3.53. The molecule has 2 aliphatic rings. The molecule has 3 heterocycles. The molecule has 4 N–H and O–H groups in total. The highest BCUT2D eigenvalue weighted by molar-refractivity contribution is 5.82. The van der Waals surface area contributed by atoms with Crippen LogP contribution in [0.5, 0.6) is 0 Å². The number of fused-ring (bicyclic) bond motifs is 1. The number of alkyl halides is 9. The van der Waals surface area contributed by atoms with E-state index in [1.54, 1.807) is 0 Å². The molecule has 2 saturated heterocycles. The van der Waals surface area contributed by atoms with Crippen LogP contribution in [0.3, 0.4) is 0 Å². The summed E-state index contributed by atoms with van der Waals surface area (Å²) in [5.74, 6) is -6.61. The number of rotatable bonds is 6. The number of carboxylic acid groups (broad SMARTS) is 3. The molecule has 0 spiro atoms. The number of amides is 1. The van der Waals surface area contributed by atoms with Gasteiger partial charge in [0.1, 0.15) is 5.76 Å². The standard InChI is InChI=1S/C18H31N5O2.3C2HF3O2/c1-12-15(13(2)25-20-12)10-23-9-14-8-16(22(5)17(14)11-23)18(24)19-6-7-21(3)4;3*3-2(4,5)1(6)7/h14,16-17H,6-11H2,1-5H3,(H,19,24);3*(H,6,7)/t14-,16-,17+;;;/m1.../s1. The van der Waals surface area contributed by atoms with E-state index in [1.807, 2.05) is 27.9 Å². The monoisotopic (exact) mass is 691 g/mol. The van der Waals surface area contributed by atoms with Crippen LogP contribution in [0.25, 0.3) is 0 Å². The third-order valence-electron chi connectivity index (χ3n) is 6.47. The van der Waals surface area contributed by atoms with Crippen molar-refractivity contribution < 1.29 is 78.5 Å². The average molecular weight is 692 g/mol. The predicted molar refractivity (Wildman–Crippen MR) is 137 cm³/mol. The minimum absolute atomic E-state index is 0.0124. The highest BCUT2D eigenvalue weighted by Crippen LogP contribution is 2.35. The molecule has 0 aliphatic carbocycles. The first-order valence-corrected chi connectivity index (χ1v) is 12.9. The molecule has 0 unspecified atom stereocenters. The second-order valence-electron chi connectivity index (χ2n) is 10.2. The Labute approximate surface area is 255 Å². The normalized spacial score (nSPS) is 19.9. The molecule has 13 nitrogen and oxygen atoms in total. The number of carbonyl (C=O) groups excluding carboxylic acids is 1. The molecule has 0 saturated carbocycles. The van der Waals surface area contributed by atoms with Gasteiger partial charge in [0, 0.05) is 44.3 Å². The Morgan fingerprint density at radius 1 is 0.891 bits per heavy atom. The number of likely N-dealkylation sites (N-methyl/N-ethyl adjacent to an activating group) is 2. The van der Waals surface area contributed by atoms with Crippen LogP contribution in [0.4, 0.5) is 39.5 Å². The number of aromatic nitrogens is 1. The molecule has 1 amide bonds. The van der Waals surface area contributed by atoms with E-state index in [4.69, 9.17) is 34.2 Å². The van der Waals surface area contributed by atoms with Crippen LogP contribution in [-0.2, 0) is 25.7 Å². The number of halogens is 9. The smallest absolute Gasteiger partial charge is 0.475 e. The van der Waals surface area contributed by atoms with Crippen LogP contribution in [-0.4, -0.2) is 137 Å². The number of carbonyl (C=O) groups is 4. The molecular weight excluding hydrogens is 657 g/mol. The highest BCUT2D eigenvalue weighted by Gasteiger charge is 2.47. The number of nitrogens with one attached hydrogen (secondary N) is 1.